The lowest BCUT2D eigenvalue weighted by molar-refractivity contribution is 0.156. The Balaban J connectivity index is 1.48. The first-order chi connectivity index (χ1) is 13.2. The van der Waals surface area contributed by atoms with Crippen LogP contribution in [-0.4, -0.2) is 55.7 Å². The quantitative estimate of drug-likeness (QED) is 0.838. The van der Waals surface area contributed by atoms with Crippen LogP contribution in [0.5, 0.6) is 5.75 Å². The van der Waals surface area contributed by atoms with Crippen molar-refractivity contribution in [3.05, 3.63) is 65.2 Å². The number of nitrogens with zero attached hydrogens (tertiary/aromatic N) is 2. The number of ether oxygens (including phenoxy) is 1. The second-order valence-corrected chi connectivity index (χ2v) is 6.81. The van der Waals surface area contributed by atoms with E-state index < -0.39 is 0 Å². The van der Waals surface area contributed by atoms with Crippen molar-refractivity contribution in [1.29, 1.82) is 0 Å². The van der Waals surface area contributed by atoms with Gasteiger partial charge in [0.05, 0.1) is 12.8 Å². The molecule has 142 valence electrons. The van der Waals surface area contributed by atoms with Gasteiger partial charge >= 0.3 is 6.03 Å². The molecule has 27 heavy (non-hydrogen) atoms. The van der Waals surface area contributed by atoms with E-state index in [1.165, 1.54) is 5.56 Å². The average molecular weight is 386 g/mol. The van der Waals surface area contributed by atoms with Gasteiger partial charge in [-0.1, -0.05) is 54.1 Å². The van der Waals surface area contributed by atoms with Crippen LogP contribution < -0.4 is 10.1 Å². The van der Waals surface area contributed by atoms with Gasteiger partial charge < -0.3 is 15.0 Å². The van der Waals surface area contributed by atoms with Crippen LogP contribution in [0.2, 0.25) is 5.02 Å². The maximum atomic E-state index is 12.5. The van der Waals surface area contributed by atoms with Gasteiger partial charge in [0, 0.05) is 37.7 Å². The number of hydrogen-bond donors (Lipinski definition) is 1. The third-order valence-corrected chi connectivity index (χ3v) is 4.77. The number of halogens is 1. The fourth-order valence-electron chi connectivity index (χ4n) is 3.01. The molecule has 0 aliphatic carbocycles. The van der Waals surface area contributed by atoms with Gasteiger partial charge in [-0.2, -0.15) is 0 Å². The smallest absolute Gasteiger partial charge is 0.322 e. The molecule has 1 aliphatic heterocycles. The van der Waals surface area contributed by atoms with Crippen LogP contribution >= 0.6 is 11.6 Å². The Morgan fingerprint density at radius 2 is 1.89 bits per heavy atom. The monoisotopic (exact) mass is 385 g/mol. The zero-order valence-electron chi connectivity index (χ0n) is 15.4. The number of piperazine rings is 1. The first kappa shape index (κ1) is 19.3. The summed E-state index contributed by atoms with van der Waals surface area (Å²) < 4.78 is 5.28. The summed E-state index contributed by atoms with van der Waals surface area (Å²) in [6.07, 6.45) is 4.30. The molecule has 0 spiro atoms. The van der Waals surface area contributed by atoms with Crippen molar-refractivity contribution < 1.29 is 9.53 Å². The fraction of sp³-hybridized carbons (Fsp3) is 0.286. The van der Waals surface area contributed by atoms with Crippen molar-refractivity contribution in [2.45, 2.75) is 0 Å². The van der Waals surface area contributed by atoms with E-state index in [1.54, 1.807) is 25.3 Å². The molecule has 1 fully saturated rings. The van der Waals surface area contributed by atoms with Crippen LogP contribution in [0, 0.1) is 0 Å². The van der Waals surface area contributed by atoms with E-state index in [-0.39, 0.29) is 6.03 Å². The third-order valence-electron chi connectivity index (χ3n) is 4.54. The molecular weight excluding hydrogens is 362 g/mol. The number of nitrogens with one attached hydrogen (secondary N) is 1. The molecule has 0 aromatic heterocycles. The zero-order chi connectivity index (χ0) is 19.1. The highest BCUT2D eigenvalue weighted by molar-refractivity contribution is 6.31. The number of amides is 2. The van der Waals surface area contributed by atoms with E-state index in [2.05, 4.69) is 34.5 Å². The average Bonchev–Trinajstić information content (AvgIpc) is 2.69. The van der Waals surface area contributed by atoms with E-state index in [4.69, 9.17) is 16.3 Å². The third kappa shape index (κ3) is 5.49. The van der Waals surface area contributed by atoms with Crippen LogP contribution in [0.4, 0.5) is 10.5 Å². The van der Waals surface area contributed by atoms with Crippen LogP contribution in [0.1, 0.15) is 5.56 Å². The van der Waals surface area contributed by atoms with Crippen molar-refractivity contribution in [3.8, 4) is 5.75 Å². The van der Waals surface area contributed by atoms with Crippen molar-refractivity contribution in [2.24, 2.45) is 0 Å². The largest absolute Gasteiger partial charge is 0.495 e. The van der Waals surface area contributed by atoms with Crippen LogP contribution in [0.3, 0.4) is 0 Å². The molecule has 2 amide bonds. The summed E-state index contributed by atoms with van der Waals surface area (Å²) in [4.78, 5) is 16.7. The molecule has 0 atom stereocenters. The molecule has 0 bridgehead atoms. The molecule has 1 aliphatic rings. The Bertz CT molecular complexity index is 787. The van der Waals surface area contributed by atoms with E-state index in [0.717, 1.165) is 19.6 Å². The molecular formula is C21H24ClN3O2. The number of carbonyl (C=O) groups excluding carboxylic acids is 1. The minimum absolute atomic E-state index is 0.130. The van der Waals surface area contributed by atoms with Crippen molar-refractivity contribution in [2.75, 3.05) is 45.2 Å². The van der Waals surface area contributed by atoms with Crippen LogP contribution in [0.15, 0.2) is 54.6 Å². The topological polar surface area (TPSA) is 44.8 Å². The Morgan fingerprint density at radius 3 is 2.59 bits per heavy atom. The molecule has 0 radical (unpaired) electrons. The highest BCUT2D eigenvalue weighted by Gasteiger charge is 2.21. The molecule has 1 saturated heterocycles. The predicted octanol–water partition coefficient (Wildman–Crippen LogP) is 4.21. The highest BCUT2D eigenvalue weighted by atomic mass is 35.5. The molecule has 0 unspecified atom stereocenters. The Labute approximate surface area is 165 Å². The number of rotatable bonds is 5. The van der Waals surface area contributed by atoms with Gasteiger partial charge in [0.1, 0.15) is 5.75 Å². The standard InChI is InChI=1S/C21H24ClN3O2/c1-27-20-10-9-18(22)16-19(20)23-21(26)25-14-12-24(13-15-25)11-5-8-17-6-3-2-4-7-17/h2-10,16H,11-15H2,1H3,(H,23,26)/b8-5+. The van der Waals surface area contributed by atoms with E-state index in [0.29, 0.717) is 29.5 Å². The second kappa shape index (κ2) is 9.44. The molecule has 2 aromatic carbocycles. The summed E-state index contributed by atoms with van der Waals surface area (Å²) in [5, 5.41) is 3.45. The fourth-order valence-corrected chi connectivity index (χ4v) is 3.18. The summed E-state index contributed by atoms with van der Waals surface area (Å²) in [6.45, 7) is 3.95. The van der Waals surface area contributed by atoms with Gasteiger partial charge in [0.2, 0.25) is 0 Å². The maximum absolute atomic E-state index is 12.5. The van der Waals surface area contributed by atoms with E-state index in [9.17, 15) is 4.79 Å². The Morgan fingerprint density at radius 1 is 1.15 bits per heavy atom. The van der Waals surface area contributed by atoms with Gasteiger partial charge in [-0.3, -0.25) is 4.90 Å². The van der Waals surface area contributed by atoms with Gasteiger partial charge in [-0.25, -0.2) is 4.79 Å². The summed E-state index contributed by atoms with van der Waals surface area (Å²) in [7, 11) is 1.57. The molecule has 5 nitrogen and oxygen atoms in total. The van der Waals surface area contributed by atoms with Crippen LogP contribution in [0.25, 0.3) is 6.08 Å². The summed E-state index contributed by atoms with van der Waals surface area (Å²) in [6, 6.07) is 15.3. The van der Waals surface area contributed by atoms with E-state index in [1.807, 2.05) is 23.1 Å². The minimum atomic E-state index is -0.130. The minimum Gasteiger partial charge on any atom is -0.495 e. The SMILES string of the molecule is COc1ccc(Cl)cc1NC(=O)N1CCN(C/C=C/c2ccccc2)CC1. The molecule has 3 rings (SSSR count). The van der Waals surface area contributed by atoms with Gasteiger partial charge in [-0.05, 0) is 23.8 Å². The van der Waals surface area contributed by atoms with Crippen molar-refractivity contribution >= 4 is 29.4 Å². The predicted molar refractivity (Wildman–Crippen MR) is 111 cm³/mol. The number of carbonyl (C=O) groups is 1. The van der Waals surface area contributed by atoms with E-state index >= 15 is 0 Å². The van der Waals surface area contributed by atoms with Gasteiger partial charge in [0.25, 0.3) is 0 Å². The van der Waals surface area contributed by atoms with Gasteiger partial charge in [-0.15, -0.1) is 0 Å². The lowest BCUT2D eigenvalue weighted by atomic mass is 10.2. The summed E-state index contributed by atoms with van der Waals surface area (Å²) in [5.41, 5.74) is 1.79. The first-order valence-electron chi connectivity index (χ1n) is 8.99. The molecule has 1 heterocycles. The lowest BCUT2D eigenvalue weighted by Crippen LogP contribution is -2.49. The molecule has 2 aromatic rings. The number of hydrogen-bond acceptors (Lipinski definition) is 3. The normalized spacial score (nSPS) is 15.1. The Hall–Kier alpha value is -2.50. The first-order valence-corrected chi connectivity index (χ1v) is 9.37. The molecule has 0 saturated carbocycles. The summed E-state index contributed by atoms with van der Waals surface area (Å²) >= 11 is 6.02. The zero-order valence-corrected chi connectivity index (χ0v) is 16.2. The second-order valence-electron chi connectivity index (χ2n) is 6.38. The number of anilines is 1. The van der Waals surface area contributed by atoms with Gasteiger partial charge in [0.15, 0.2) is 0 Å². The lowest BCUT2D eigenvalue weighted by Gasteiger charge is -2.34. The van der Waals surface area contributed by atoms with Crippen molar-refractivity contribution in [3.63, 3.8) is 0 Å². The number of methoxy groups -OCH3 is 1. The Kier molecular flexibility index (Phi) is 6.74. The number of urea groups is 1. The number of benzene rings is 2. The van der Waals surface area contributed by atoms with Crippen molar-refractivity contribution in [1.82, 2.24) is 9.80 Å². The maximum Gasteiger partial charge on any atom is 0.322 e. The highest BCUT2D eigenvalue weighted by Crippen LogP contribution is 2.28. The molecule has 6 heteroatoms. The van der Waals surface area contributed by atoms with Crippen LogP contribution in [-0.2, 0) is 0 Å². The summed E-state index contributed by atoms with van der Waals surface area (Å²) in [5.74, 6) is 0.595. The molecule has 1 N–H and O–H groups in total.